The highest BCUT2D eigenvalue weighted by molar-refractivity contribution is 5.77. The molecule has 0 aromatic heterocycles. The summed E-state index contributed by atoms with van der Waals surface area (Å²) in [5.74, 6) is 0.132. The van der Waals surface area contributed by atoms with E-state index in [1.165, 1.54) is 5.56 Å². The van der Waals surface area contributed by atoms with Crippen LogP contribution in [0.25, 0.3) is 0 Å². The number of carbonyl (C=O) groups is 1. The van der Waals surface area contributed by atoms with Gasteiger partial charge in [-0.1, -0.05) is 30.3 Å². The molecule has 2 N–H and O–H groups in total. The Kier molecular flexibility index (Phi) is 6.02. The van der Waals surface area contributed by atoms with Crippen molar-refractivity contribution in [3.63, 3.8) is 0 Å². The van der Waals surface area contributed by atoms with Crippen LogP contribution in [0.1, 0.15) is 18.4 Å². The van der Waals surface area contributed by atoms with Gasteiger partial charge in [0.2, 0.25) is 5.91 Å². The summed E-state index contributed by atoms with van der Waals surface area (Å²) in [6, 6.07) is 10.9. The molecule has 1 atom stereocenters. The smallest absolute Gasteiger partial charge is 0.234 e. The number of nitrogens with zero attached hydrogens (tertiary/aromatic N) is 1. The molecule has 1 aromatic carbocycles. The number of hydrogen-bond acceptors (Lipinski definition) is 3. The van der Waals surface area contributed by atoms with Crippen molar-refractivity contribution < 1.29 is 4.79 Å². The standard InChI is InChI=1S/C16H25N3O/c1-19(15-9-11-17-12-15)13-16(20)18-10-5-8-14-6-3-2-4-7-14/h2-4,6-7,15,17H,5,8-13H2,1H3,(H,18,20). The van der Waals surface area contributed by atoms with Crippen LogP contribution in [0, 0.1) is 0 Å². The van der Waals surface area contributed by atoms with E-state index >= 15 is 0 Å². The Bertz CT molecular complexity index is 401. The van der Waals surface area contributed by atoms with Gasteiger partial charge in [0, 0.05) is 19.1 Å². The van der Waals surface area contributed by atoms with Gasteiger partial charge < -0.3 is 10.6 Å². The van der Waals surface area contributed by atoms with E-state index < -0.39 is 0 Å². The lowest BCUT2D eigenvalue weighted by Crippen LogP contribution is -2.41. The molecule has 0 bridgehead atoms. The van der Waals surface area contributed by atoms with Crippen LogP contribution in [-0.2, 0) is 11.2 Å². The summed E-state index contributed by atoms with van der Waals surface area (Å²) < 4.78 is 0. The summed E-state index contributed by atoms with van der Waals surface area (Å²) in [5, 5.41) is 6.33. The van der Waals surface area contributed by atoms with Crippen molar-refractivity contribution in [2.24, 2.45) is 0 Å². The first-order valence-corrected chi connectivity index (χ1v) is 7.47. The van der Waals surface area contributed by atoms with Crippen molar-refractivity contribution in [3.05, 3.63) is 35.9 Å². The Labute approximate surface area is 121 Å². The number of hydrogen-bond donors (Lipinski definition) is 2. The van der Waals surface area contributed by atoms with Crippen LogP contribution in [0.15, 0.2) is 30.3 Å². The average molecular weight is 275 g/mol. The second-order valence-electron chi connectivity index (χ2n) is 5.50. The maximum absolute atomic E-state index is 11.8. The molecule has 0 radical (unpaired) electrons. The Morgan fingerprint density at radius 3 is 2.90 bits per heavy atom. The van der Waals surface area contributed by atoms with Crippen molar-refractivity contribution in [1.29, 1.82) is 0 Å². The van der Waals surface area contributed by atoms with Crippen molar-refractivity contribution in [2.75, 3.05) is 33.2 Å². The van der Waals surface area contributed by atoms with E-state index in [9.17, 15) is 4.79 Å². The van der Waals surface area contributed by atoms with Gasteiger partial charge in [0.05, 0.1) is 6.54 Å². The SMILES string of the molecule is CN(CC(=O)NCCCc1ccccc1)C1CCNC1. The van der Waals surface area contributed by atoms with Gasteiger partial charge in [-0.25, -0.2) is 0 Å². The molecule has 1 aliphatic rings. The van der Waals surface area contributed by atoms with E-state index in [2.05, 4.69) is 39.8 Å². The Balaban J connectivity index is 1.58. The monoisotopic (exact) mass is 275 g/mol. The predicted molar refractivity (Wildman–Crippen MR) is 81.7 cm³/mol. The maximum Gasteiger partial charge on any atom is 0.234 e. The highest BCUT2D eigenvalue weighted by Crippen LogP contribution is 2.05. The maximum atomic E-state index is 11.8. The minimum Gasteiger partial charge on any atom is -0.355 e. The molecular formula is C16H25N3O. The second-order valence-corrected chi connectivity index (χ2v) is 5.50. The van der Waals surface area contributed by atoms with E-state index in [0.717, 1.165) is 38.9 Å². The normalized spacial score (nSPS) is 18.4. The van der Waals surface area contributed by atoms with Gasteiger partial charge >= 0.3 is 0 Å². The lowest BCUT2D eigenvalue weighted by molar-refractivity contribution is -0.122. The summed E-state index contributed by atoms with van der Waals surface area (Å²) >= 11 is 0. The van der Waals surface area contributed by atoms with Gasteiger partial charge in [-0.05, 0) is 38.4 Å². The van der Waals surface area contributed by atoms with E-state index in [1.807, 2.05) is 13.1 Å². The fourth-order valence-electron chi connectivity index (χ4n) is 2.59. The quantitative estimate of drug-likeness (QED) is 0.731. The number of benzene rings is 1. The molecule has 0 aliphatic carbocycles. The molecule has 1 aliphatic heterocycles. The number of nitrogens with one attached hydrogen (secondary N) is 2. The summed E-state index contributed by atoms with van der Waals surface area (Å²) in [7, 11) is 2.03. The van der Waals surface area contributed by atoms with Crippen LogP contribution in [0.3, 0.4) is 0 Å². The molecule has 20 heavy (non-hydrogen) atoms. The van der Waals surface area contributed by atoms with Crippen LogP contribution in [-0.4, -0.2) is 50.1 Å². The minimum absolute atomic E-state index is 0.132. The third kappa shape index (κ3) is 4.94. The van der Waals surface area contributed by atoms with Crippen molar-refractivity contribution in [2.45, 2.75) is 25.3 Å². The number of carbonyl (C=O) groups excluding carboxylic acids is 1. The molecule has 0 spiro atoms. The Morgan fingerprint density at radius 2 is 2.20 bits per heavy atom. The van der Waals surface area contributed by atoms with E-state index in [0.29, 0.717) is 12.6 Å². The fourth-order valence-corrected chi connectivity index (χ4v) is 2.59. The highest BCUT2D eigenvalue weighted by Gasteiger charge is 2.20. The van der Waals surface area contributed by atoms with Crippen molar-refractivity contribution in [3.8, 4) is 0 Å². The van der Waals surface area contributed by atoms with Gasteiger partial charge in [0.1, 0.15) is 0 Å². The van der Waals surface area contributed by atoms with Crippen LogP contribution in [0.5, 0.6) is 0 Å². The van der Waals surface area contributed by atoms with Gasteiger partial charge in [-0.15, -0.1) is 0 Å². The first-order chi connectivity index (χ1) is 9.75. The molecule has 1 amide bonds. The topological polar surface area (TPSA) is 44.4 Å². The molecule has 1 unspecified atom stereocenters. The molecule has 0 saturated carbocycles. The molecular weight excluding hydrogens is 250 g/mol. The van der Waals surface area contributed by atoms with Crippen LogP contribution in [0.2, 0.25) is 0 Å². The summed E-state index contributed by atoms with van der Waals surface area (Å²) in [6.45, 7) is 3.31. The zero-order valence-corrected chi connectivity index (χ0v) is 12.3. The predicted octanol–water partition coefficient (Wildman–Crippen LogP) is 1.03. The lowest BCUT2D eigenvalue weighted by Gasteiger charge is -2.22. The highest BCUT2D eigenvalue weighted by atomic mass is 16.2. The Hall–Kier alpha value is -1.39. The minimum atomic E-state index is 0.132. The largest absolute Gasteiger partial charge is 0.355 e. The summed E-state index contributed by atoms with van der Waals surface area (Å²) in [6.07, 6.45) is 3.14. The van der Waals surface area contributed by atoms with E-state index in [-0.39, 0.29) is 5.91 Å². The van der Waals surface area contributed by atoms with Crippen molar-refractivity contribution >= 4 is 5.91 Å². The third-order valence-electron chi connectivity index (χ3n) is 3.86. The third-order valence-corrected chi connectivity index (χ3v) is 3.86. The fraction of sp³-hybridized carbons (Fsp3) is 0.562. The number of amides is 1. The summed E-state index contributed by atoms with van der Waals surface area (Å²) in [4.78, 5) is 14.0. The van der Waals surface area contributed by atoms with Gasteiger partial charge in [-0.3, -0.25) is 9.69 Å². The first-order valence-electron chi connectivity index (χ1n) is 7.47. The second kappa shape index (κ2) is 8.02. The van der Waals surface area contributed by atoms with Crippen LogP contribution >= 0.6 is 0 Å². The summed E-state index contributed by atoms with van der Waals surface area (Å²) in [5.41, 5.74) is 1.33. The van der Waals surface area contributed by atoms with Crippen LogP contribution < -0.4 is 10.6 Å². The number of likely N-dealkylation sites (N-methyl/N-ethyl adjacent to an activating group) is 1. The number of aryl methyl sites for hydroxylation is 1. The molecule has 1 aromatic rings. The van der Waals surface area contributed by atoms with Crippen molar-refractivity contribution in [1.82, 2.24) is 15.5 Å². The molecule has 4 heteroatoms. The number of rotatable bonds is 7. The van der Waals surface area contributed by atoms with E-state index in [1.54, 1.807) is 0 Å². The van der Waals surface area contributed by atoms with Crippen LogP contribution in [0.4, 0.5) is 0 Å². The molecule has 4 nitrogen and oxygen atoms in total. The van der Waals surface area contributed by atoms with Gasteiger partial charge in [0.25, 0.3) is 0 Å². The zero-order chi connectivity index (χ0) is 14.2. The average Bonchev–Trinajstić information content (AvgIpc) is 2.99. The molecule has 1 heterocycles. The van der Waals surface area contributed by atoms with E-state index in [4.69, 9.17) is 0 Å². The Morgan fingerprint density at radius 1 is 1.40 bits per heavy atom. The first kappa shape index (κ1) is 15.0. The zero-order valence-electron chi connectivity index (χ0n) is 12.3. The molecule has 2 rings (SSSR count). The molecule has 1 saturated heterocycles. The molecule has 110 valence electrons. The molecule has 1 fully saturated rings. The van der Waals surface area contributed by atoms with Gasteiger partial charge in [0.15, 0.2) is 0 Å². The lowest BCUT2D eigenvalue weighted by atomic mass is 10.1. The van der Waals surface area contributed by atoms with Gasteiger partial charge in [-0.2, -0.15) is 0 Å².